The molecule has 1 aliphatic heterocycles. The topological polar surface area (TPSA) is 29.9 Å². The Morgan fingerprint density at radius 2 is 2.33 bits per heavy atom. The lowest BCUT2D eigenvalue weighted by Crippen LogP contribution is -2.37. The van der Waals surface area contributed by atoms with Gasteiger partial charge in [0.1, 0.15) is 0 Å². The van der Waals surface area contributed by atoms with Crippen LogP contribution >= 0.6 is 0 Å². The molecule has 0 amide bonds. The molecule has 2 rings (SSSR count). The number of piperidine rings is 1. The summed E-state index contributed by atoms with van der Waals surface area (Å²) in [5, 5.41) is 7.96. The van der Waals surface area contributed by atoms with Crippen molar-refractivity contribution in [3.63, 3.8) is 0 Å². The standard InChI is InChI=1S/C12H21N3/c1-4-15-8-11(7-14-15)12-10(3)5-9(2)6-13-12/h7-10,12-13H,4-6H2,1-3H3. The van der Waals surface area contributed by atoms with Gasteiger partial charge in [-0.2, -0.15) is 5.10 Å². The molecule has 3 unspecified atom stereocenters. The van der Waals surface area contributed by atoms with Crippen molar-refractivity contribution in [2.45, 2.75) is 39.8 Å². The summed E-state index contributed by atoms with van der Waals surface area (Å²) in [6.07, 6.45) is 5.49. The summed E-state index contributed by atoms with van der Waals surface area (Å²) in [4.78, 5) is 0. The minimum Gasteiger partial charge on any atom is -0.309 e. The lowest BCUT2D eigenvalue weighted by Gasteiger charge is -2.33. The zero-order valence-corrected chi connectivity index (χ0v) is 9.90. The lowest BCUT2D eigenvalue weighted by atomic mass is 9.84. The average Bonchev–Trinajstić information content (AvgIpc) is 2.66. The number of nitrogens with zero attached hydrogens (tertiary/aromatic N) is 2. The van der Waals surface area contributed by atoms with Crippen molar-refractivity contribution in [2.24, 2.45) is 11.8 Å². The molecule has 1 fully saturated rings. The van der Waals surface area contributed by atoms with E-state index in [9.17, 15) is 0 Å². The van der Waals surface area contributed by atoms with Gasteiger partial charge in [-0.3, -0.25) is 4.68 Å². The summed E-state index contributed by atoms with van der Waals surface area (Å²) in [6, 6.07) is 0.501. The second kappa shape index (κ2) is 4.35. The molecule has 3 heteroatoms. The summed E-state index contributed by atoms with van der Waals surface area (Å²) >= 11 is 0. The normalized spacial score (nSPS) is 31.8. The van der Waals surface area contributed by atoms with Gasteiger partial charge in [0, 0.05) is 24.3 Å². The molecule has 84 valence electrons. The summed E-state index contributed by atoms with van der Waals surface area (Å²) in [5.41, 5.74) is 1.34. The van der Waals surface area contributed by atoms with Gasteiger partial charge in [0.15, 0.2) is 0 Å². The van der Waals surface area contributed by atoms with E-state index in [2.05, 4.69) is 37.4 Å². The SMILES string of the molecule is CCn1cc(C2NCC(C)CC2C)cn1. The highest BCUT2D eigenvalue weighted by atomic mass is 15.3. The van der Waals surface area contributed by atoms with E-state index in [-0.39, 0.29) is 0 Å². The zero-order chi connectivity index (χ0) is 10.8. The summed E-state index contributed by atoms with van der Waals surface area (Å²) in [6.45, 7) is 8.85. The van der Waals surface area contributed by atoms with Crippen LogP contribution in [0.3, 0.4) is 0 Å². The Bertz CT molecular complexity index is 318. The van der Waals surface area contributed by atoms with E-state index in [4.69, 9.17) is 0 Å². The second-order valence-electron chi connectivity index (χ2n) is 4.83. The van der Waals surface area contributed by atoms with E-state index in [0.717, 1.165) is 19.0 Å². The molecule has 0 bridgehead atoms. The van der Waals surface area contributed by atoms with Crippen molar-refractivity contribution in [1.82, 2.24) is 15.1 Å². The fraction of sp³-hybridized carbons (Fsp3) is 0.750. The fourth-order valence-electron chi connectivity index (χ4n) is 2.54. The molecular weight excluding hydrogens is 186 g/mol. The Labute approximate surface area is 91.9 Å². The van der Waals surface area contributed by atoms with Crippen molar-refractivity contribution in [1.29, 1.82) is 0 Å². The number of nitrogens with one attached hydrogen (secondary N) is 1. The average molecular weight is 207 g/mol. The van der Waals surface area contributed by atoms with Crippen LogP contribution in [-0.2, 0) is 6.54 Å². The van der Waals surface area contributed by atoms with E-state index in [0.29, 0.717) is 12.0 Å². The molecule has 1 aromatic rings. The van der Waals surface area contributed by atoms with Crippen LogP contribution in [0.25, 0.3) is 0 Å². The van der Waals surface area contributed by atoms with Gasteiger partial charge < -0.3 is 5.32 Å². The van der Waals surface area contributed by atoms with Crippen LogP contribution in [0.5, 0.6) is 0 Å². The largest absolute Gasteiger partial charge is 0.309 e. The van der Waals surface area contributed by atoms with Crippen LogP contribution in [0.1, 0.15) is 38.8 Å². The van der Waals surface area contributed by atoms with Crippen LogP contribution in [0.15, 0.2) is 12.4 Å². The lowest BCUT2D eigenvalue weighted by molar-refractivity contribution is 0.246. The third kappa shape index (κ3) is 2.23. The van der Waals surface area contributed by atoms with Gasteiger partial charge in [-0.15, -0.1) is 0 Å². The van der Waals surface area contributed by atoms with Crippen LogP contribution in [0.4, 0.5) is 0 Å². The summed E-state index contributed by atoms with van der Waals surface area (Å²) in [5.74, 6) is 1.51. The molecule has 2 heterocycles. The smallest absolute Gasteiger partial charge is 0.0537 e. The van der Waals surface area contributed by atoms with E-state index in [1.807, 2.05) is 10.9 Å². The Morgan fingerprint density at radius 3 is 2.93 bits per heavy atom. The van der Waals surface area contributed by atoms with Crippen molar-refractivity contribution in [3.8, 4) is 0 Å². The molecular formula is C12H21N3. The zero-order valence-electron chi connectivity index (χ0n) is 9.90. The number of hydrogen-bond donors (Lipinski definition) is 1. The molecule has 0 aliphatic carbocycles. The van der Waals surface area contributed by atoms with Gasteiger partial charge in [0.2, 0.25) is 0 Å². The molecule has 3 nitrogen and oxygen atoms in total. The van der Waals surface area contributed by atoms with Gasteiger partial charge in [-0.25, -0.2) is 0 Å². The van der Waals surface area contributed by atoms with Gasteiger partial charge in [0.25, 0.3) is 0 Å². The molecule has 0 saturated carbocycles. The number of rotatable bonds is 2. The minimum absolute atomic E-state index is 0.501. The van der Waals surface area contributed by atoms with E-state index in [1.54, 1.807) is 0 Å². The van der Waals surface area contributed by atoms with Gasteiger partial charge >= 0.3 is 0 Å². The summed E-state index contributed by atoms with van der Waals surface area (Å²) in [7, 11) is 0. The van der Waals surface area contributed by atoms with Gasteiger partial charge in [0.05, 0.1) is 6.20 Å². The number of hydrogen-bond acceptors (Lipinski definition) is 2. The Hall–Kier alpha value is -0.830. The predicted octanol–water partition coefficient (Wildman–Crippen LogP) is 2.21. The molecule has 0 aromatic carbocycles. The third-order valence-corrected chi connectivity index (χ3v) is 3.37. The first-order valence-corrected chi connectivity index (χ1v) is 5.96. The van der Waals surface area contributed by atoms with Crippen molar-refractivity contribution < 1.29 is 0 Å². The first-order valence-electron chi connectivity index (χ1n) is 5.96. The highest BCUT2D eigenvalue weighted by Gasteiger charge is 2.26. The minimum atomic E-state index is 0.501. The molecule has 0 radical (unpaired) electrons. The number of aryl methyl sites for hydroxylation is 1. The Kier molecular flexibility index (Phi) is 3.10. The first kappa shape index (κ1) is 10.7. The molecule has 1 saturated heterocycles. The second-order valence-corrected chi connectivity index (χ2v) is 4.83. The van der Waals surface area contributed by atoms with E-state index >= 15 is 0 Å². The van der Waals surface area contributed by atoms with Crippen LogP contribution < -0.4 is 5.32 Å². The number of aromatic nitrogens is 2. The maximum atomic E-state index is 4.34. The molecule has 3 atom stereocenters. The molecule has 0 spiro atoms. The van der Waals surface area contributed by atoms with Crippen molar-refractivity contribution in [2.75, 3.05) is 6.54 Å². The van der Waals surface area contributed by atoms with Crippen LogP contribution in [-0.4, -0.2) is 16.3 Å². The maximum Gasteiger partial charge on any atom is 0.0537 e. The highest BCUT2D eigenvalue weighted by molar-refractivity contribution is 5.12. The fourth-order valence-corrected chi connectivity index (χ4v) is 2.54. The van der Waals surface area contributed by atoms with Crippen molar-refractivity contribution in [3.05, 3.63) is 18.0 Å². The quantitative estimate of drug-likeness (QED) is 0.805. The maximum absolute atomic E-state index is 4.34. The molecule has 1 N–H and O–H groups in total. The van der Waals surface area contributed by atoms with Crippen LogP contribution in [0, 0.1) is 11.8 Å². The van der Waals surface area contributed by atoms with E-state index in [1.165, 1.54) is 12.0 Å². The van der Waals surface area contributed by atoms with Crippen LogP contribution in [0.2, 0.25) is 0 Å². The third-order valence-electron chi connectivity index (χ3n) is 3.37. The monoisotopic (exact) mass is 207 g/mol. The van der Waals surface area contributed by atoms with Gasteiger partial charge in [-0.1, -0.05) is 13.8 Å². The summed E-state index contributed by atoms with van der Waals surface area (Å²) < 4.78 is 2.00. The Morgan fingerprint density at radius 1 is 1.53 bits per heavy atom. The predicted molar refractivity (Wildman–Crippen MR) is 61.6 cm³/mol. The highest BCUT2D eigenvalue weighted by Crippen LogP contribution is 2.30. The molecule has 15 heavy (non-hydrogen) atoms. The van der Waals surface area contributed by atoms with E-state index < -0.39 is 0 Å². The van der Waals surface area contributed by atoms with Crippen molar-refractivity contribution >= 4 is 0 Å². The molecule has 1 aromatic heterocycles. The Balaban J connectivity index is 2.09. The molecule has 1 aliphatic rings. The first-order chi connectivity index (χ1) is 7.20. The van der Waals surface area contributed by atoms with Gasteiger partial charge in [-0.05, 0) is 31.7 Å².